The van der Waals surface area contributed by atoms with Crippen LogP contribution in [0.1, 0.15) is 30.2 Å². The monoisotopic (exact) mass is 427 g/mol. The second-order valence-electron chi connectivity index (χ2n) is 8.09. The van der Waals surface area contributed by atoms with Gasteiger partial charge in [-0.2, -0.15) is 0 Å². The van der Waals surface area contributed by atoms with Crippen molar-refractivity contribution in [2.75, 3.05) is 16.8 Å². The summed E-state index contributed by atoms with van der Waals surface area (Å²) in [5, 5.41) is 12.6. The molecule has 32 heavy (non-hydrogen) atoms. The van der Waals surface area contributed by atoms with Gasteiger partial charge in [0, 0.05) is 30.2 Å². The van der Waals surface area contributed by atoms with E-state index < -0.39 is 6.10 Å². The number of nitrogens with one attached hydrogen (secondary N) is 1. The lowest BCUT2D eigenvalue weighted by atomic mass is 10.0. The molecule has 2 aromatic carbocycles. The van der Waals surface area contributed by atoms with Crippen LogP contribution in [-0.2, 0) is 17.8 Å². The third-order valence-corrected chi connectivity index (χ3v) is 5.97. The van der Waals surface area contributed by atoms with Gasteiger partial charge in [-0.15, -0.1) is 0 Å². The van der Waals surface area contributed by atoms with E-state index in [0.717, 1.165) is 29.9 Å². The number of anilines is 3. The van der Waals surface area contributed by atoms with E-state index in [1.807, 2.05) is 29.2 Å². The maximum atomic E-state index is 12.9. The predicted octanol–water partition coefficient (Wildman–Crippen LogP) is 4.46. The Morgan fingerprint density at radius 2 is 2.00 bits per heavy atom. The van der Waals surface area contributed by atoms with Crippen LogP contribution in [0.5, 0.6) is 5.75 Å². The molecule has 2 heterocycles. The van der Waals surface area contributed by atoms with Gasteiger partial charge in [0.25, 0.3) is 5.91 Å². The minimum absolute atomic E-state index is 0.0215. The minimum Gasteiger partial charge on any atom is -0.479 e. The lowest BCUT2D eigenvalue weighted by Gasteiger charge is -2.33. The van der Waals surface area contributed by atoms with Gasteiger partial charge >= 0.3 is 0 Å². The van der Waals surface area contributed by atoms with E-state index >= 15 is 0 Å². The van der Waals surface area contributed by atoms with Crippen LogP contribution in [0.25, 0.3) is 5.57 Å². The Hall–Kier alpha value is -3.64. The zero-order valence-electron chi connectivity index (χ0n) is 17.9. The molecule has 1 atom stereocenters. The number of fused-ring (bicyclic) bond motifs is 2. The van der Waals surface area contributed by atoms with Crippen LogP contribution >= 0.6 is 0 Å². The Balaban J connectivity index is 1.36. The number of amides is 1. The van der Waals surface area contributed by atoms with Crippen LogP contribution in [0.2, 0.25) is 0 Å². The third-order valence-electron chi connectivity index (χ3n) is 5.97. The highest BCUT2D eigenvalue weighted by Gasteiger charge is 2.31. The molecule has 1 aliphatic heterocycles. The summed E-state index contributed by atoms with van der Waals surface area (Å²) >= 11 is 0. The Morgan fingerprint density at radius 1 is 1.16 bits per heavy atom. The summed E-state index contributed by atoms with van der Waals surface area (Å²) in [5.41, 5.74) is 6.99. The molecule has 1 aliphatic carbocycles. The van der Waals surface area contributed by atoms with Crippen LogP contribution in [0.15, 0.2) is 66.9 Å². The number of aliphatic hydroxyl groups is 1. The fourth-order valence-electron chi connectivity index (χ4n) is 4.35. The molecule has 6 heteroatoms. The normalized spacial score (nSPS) is 16.8. The van der Waals surface area contributed by atoms with Crippen molar-refractivity contribution in [3.05, 3.63) is 83.7 Å². The van der Waals surface area contributed by atoms with E-state index in [2.05, 4.69) is 40.6 Å². The first kappa shape index (κ1) is 20.3. The van der Waals surface area contributed by atoms with Crippen molar-refractivity contribution in [2.24, 2.45) is 0 Å². The van der Waals surface area contributed by atoms with Gasteiger partial charge in [0.15, 0.2) is 6.10 Å². The largest absolute Gasteiger partial charge is 0.479 e. The number of hydrogen-bond donors (Lipinski definition) is 2. The molecule has 0 fully saturated rings. The van der Waals surface area contributed by atoms with Gasteiger partial charge in [-0.25, -0.2) is 0 Å². The van der Waals surface area contributed by atoms with Gasteiger partial charge < -0.3 is 20.1 Å². The number of ether oxygens (including phenoxy) is 1. The van der Waals surface area contributed by atoms with Gasteiger partial charge in [-0.3, -0.25) is 9.78 Å². The zero-order chi connectivity index (χ0) is 22.1. The number of carbonyl (C=O) groups excluding carboxylic acids is 1. The molecule has 2 N–H and O–H groups in total. The molecule has 0 spiro atoms. The van der Waals surface area contributed by atoms with Crippen LogP contribution < -0.4 is 15.0 Å². The lowest BCUT2D eigenvalue weighted by molar-refractivity contribution is -0.125. The summed E-state index contributed by atoms with van der Waals surface area (Å²) in [5.74, 6) is 0.658. The van der Waals surface area contributed by atoms with Crippen molar-refractivity contribution < 1.29 is 14.6 Å². The standard InChI is InChI=1S/C26H25N3O3/c1-17-26(31)29(13-11-19-7-6-18-4-2-3-5-23(18)19)24-9-8-20(15-25(24)32-17)28-21-10-12-27-22(14-21)16-30/h2-5,7-10,12,14-15,17,30H,6,11,13,16H2,1H3,(H,27,28). The summed E-state index contributed by atoms with van der Waals surface area (Å²) in [4.78, 5) is 18.9. The van der Waals surface area contributed by atoms with Crippen molar-refractivity contribution in [1.29, 1.82) is 0 Å². The lowest BCUT2D eigenvalue weighted by Crippen LogP contribution is -2.44. The number of benzene rings is 2. The molecule has 6 nitrogen and oxygen atoms in total. The molecule has 1 amide bonds. The van der Waals surface area contributed by atoms with Gasteiger partial charge in [-0.05, 0) is 60.7 Å². The summed E-state index contributed by atoms with van der Waals surface area (Å²) in [7, 11) is 0. The fraction of sp³-hybridized carbons (Fsp3) is 0.231. The van der Waals surface area contributed by atoms with Gasteiger partial charge in [0.05, 0.1) is 18.0 Å². The first-order valence-electron chi connectivity index (χ1n) is 10.8. The van der Waals surface area contributed by atoms with E-state index in [1.165, 1.54) is 16.7 Å². The fourth-order valence-corrected chi connectivity index (χ4v) is 4.35. The maximum absolute atomic E-state index is 12.9. The summed E-state index contributed by atoms with van der Waals surface area (Å²) in [6, 6.07) is 17.9. The van der Waals surface area contributed by atoms with Crippen LogP contribution in [0.3, 0.4) is 0 Å². The Labute approximate surface area is 187 Å². The molecule has 0 bridgehead atoms. The van der Waals surface area contributed by atoms with E-state index in [4.69, 9.17) is 4.74 Å². The number of hydrogen-bond acceptors (Lipinski definition) is 5. The zero-order valence-corrected chi connectivity index (χ0v) is 17.9. The summed E-state index contributed by atoms with van der Waals surface area (Å²) in [6.07, 6.45) is 5.14. The van der Waals surface area contributed by atoms with Gasteiger partial charge in [-0.1, -0.05) is 30.3 Å². The molecule has 2 aliphatic rings. The molecule has 1 aromatic heterocycles. The first-order chi connectivity index (χ1) is 15.6. The highest BCUT2D eigenvalue weighted by Crippen LogP contribution is 2.38. The Kier molecular flexibility index (Phi) is 5.37. The van der Waals surface area contributed by atoms with Crippen molar-refractivity contribution in [3.8, 4) is 5.75 Å². The second kappa shape index (κ2) is 8.48. The number of pyridine rings is 1. The van der Waals surface area contributed by atoms with Crippen molar-refractivity contribution >= 4 is 28.5 Å². The Bertz CT molecular complexity index is 1200. The maximum Gasteiger partial charge on any atom is 0.267 e. The number of carbonyl (C=O) groups is 1. The highest BCUT2D eigenvalue weighted by atomic mass is 16.5. The molecular weight excluding hydrogens is 402 g/mol. The smallest absolute Gasteiger partial charge is 0.267 e. The SMILES string of the molecule is CC1Oc2cc(Nc3ccnc(CO)c3)ccc2N(CCC2=CCc3ccccc32)C1=O. The molecule has 0 radical (unpaired) electrons. The van der Waals surface area contributed by atoms with E-state index in [0.29, 0.717) is 18.0 Å². The first-order valence-corrected chi connectivity index (χ1v) is 10.8. The molecule has 0 saturated heterocycles. The predicted molar refractivity (Wildman–Crippen MR) is 125 cm³/mol. The van der Waals surface area contributed by atoms with Crippen LogP contribution in [0.4, 0.5) is 17.1 Å². The van der Waals surface area contributed by atoms with E-state index in [1.54, 1.807) is 19.2 Å². The van der Waals surface area contributed by atoms with E-state index in [-0.39, 0.29) is 12.5 Å². The Morgan fingerprint density at radius 3 is 2.88 bits per heavy atom. The quantitative estimate of drug-likeness (QED) is 0.608. The third kappa shape index (κ3) is 3.85. The number of aromatic nitrogens is 1. The van der Waals surface area contributed by atoms with E-state index in [9.17, 15) is 9.90 Å². The molecule has 1 unspecified atom stereocenters. The highest BCUT2D eigenvalue weighted by molar-refractivity contribution is 6.00. The van der Waals surface area contributed by atoms with Gasteiger partial charge in [0.2, 0.25) is 0 Å². The molecule has 5 rings (SSSR count). The second-order valence-corrected chi connectivity index (χ2v) is 8.09. The molecule has 162 valence electrons. The van der Waals surface area contributed by atoms with Crippen LogP contribution in [-0.4, -0.2) is 28.6 Å². The van der Waals surface area contributed by atoms with Crippen molar-refractivity contribution in [1.82, 2.24) is 4.98 Å². The minimum atomic E-state index is -0.537. The molecule has 3 aromatic rings. The molecular formula is C26H25N3O3. The van der Waals surface area contributed by atoms with Crippen molar-refractivity contribution in [3.63, 3.8) is 0 Å². The number of rotatable bonds is 6. The van der Waals surface area contributed by atoms with Crippen LogP contribution in [0, 0.1) is 0 Å². The number of nitrogens with zero attached hydrogens (tertiary/aromatic N) is 2. The summed E-state index contributed by atoms with van der Waals surface area (Å²) in [6.45, 7) is 2.29. The molecule has 0 saturated carbocycles. The average Bonchev–Trinajstić information content (AvgIpc) is 3.23. The van der Waals surface area contributed by atoms with Crippen molar-refractivity contribution in [2.45, 2.75) is 32.5 Å². The topological polar surface area (TPSA) is 74.7 Å². The number of allylic oxidation sites excluding steroid dienone is 1. The summed E-state index contributed by atoms with van der Waals surface area (Å²) < 4.78 is 5.93. The number of aliphatic hydroxyl groups excluding tert-OH is 1. The van der Waals surface area contributed by atoms with Gasteiger partial charge in [0.1, 0.15) is 5.75 Å². The average molecular weight is 428 g/mol.